The lowest BCUT2D eigenvalue weighted by Crippen LogP contribution is -2.46. The van der Waals surface area contributed by atoms with Gasteiger partial charge in [0.25, 0.3) is 0 Å². The van der Waals surface area contributed by atoms with Crippen molar-refractivity contribution in [2.45, 2.75) is 19.8 Å². The Hall–Kier alpha value is -2.46. The van der Waals surface area contributed by atoms with Crippen LogP contribution in [0.4, 0.5) is 0 Å². The van der Waals surface area contributed by atoms with Gasteiger partial charge >= 0.3 is 10.2 Å². The Morgan fingerprint density at radius 2 is 1.76 bits per heavy atom. The highest BCUT2D eigenvalue weighted by molar-refractivity contribution is 7.87. The molecule has 0 saturated heterocycles. The lowest BCUT2D eigenvalue weighted by molar-refractivity contribution is 0.312. The van der Waals surface area contributed by atoms with Gasteiger partial charge in [0.05, 0.1) is 18.8 Å². The molecule has 0 bridgehead atoms. The van der Waals surface area contributed by atoms with Crippen LogP contribution in [0.25, 0.3) is 0 Å². The van der Waals surface area contributed by atoms with Gasteiger partial charge in [0.1, 0.15) is 0 Å². The molecule has 0 aliphatic carbocycles. The van der Waals surface area contributed by atoms with Gasteiger partial charge in [-0.3, -0.25) is 0 Å². The van der Waals surface area contributed by atoms with Crippen molar-refractivity contribution in [3.63, 3.8) is 0 Å². The predicted molar refractivity (Wildman–Crippen MR) is 140 cm³/mol. The molecular formula is C24H33ClN6O2S. The van der Waals surface area contributed by atoms with Crippen molar-refractivity contribution in [1.82, 2.24) is 18.9 Å². The first-order valence-corrected chi connectivity index (χ1v) is 13.2. The quantitative estimate of drug-likeness (QED) is 0.420. The fourth-order valence-corrected chi connectivity index (χ4v) is 4.38. The number of hydrogen-bond acceptors (Lipinski definition) is 5. The molecule has 10 heteroatoms. The zero-order valence-corrected chi connectivity index (χ0v) is 21.7. The van der Waals surface area contributed by atoms with Crippen LogP contribution in [-0.2, 0) is 10.2 Å². The highest BCUT2D eigenvalue weighted by atomic mass is 35.5. The maximum atomic E-state index is 12.7. The largest absolute Gasteiger partial charge is 0.303 e. The van der Waals surface area contributed by atoms with Crippen LogP contribution in [0.3, 0.4) is 0 Å². The van der Waals surface area contributed by atoms with Gasteiger partial charge in [0.2, 0.25) is 5.96 Å². The third-order valence-corrected chi connectivity index (χ3v) is 7.43. The molecule has 3 rings (SSSR count). The van der Waals surface area contributed by atoms with E-state index in [1.807, 2.05) is 42.5 Å². The summed E-state index contributed by atoms with van der Waals surface area (Å²) in [5.41, 5.74) is 2.86. The molecule has 2 aromatic carbocycles. The van der Waals surface area contributed by atoms with E-state index in [0.717, 1.165) is 40.8 Å². The van der Waals surface area contributed by atoms with E-state index in [1.54, 1.807) is 5.01 Å². The number of nitrogens with one attached hydrogen (secondary N) is 1. The minimum atomic E-state index is -3.76. The summed E-state index contributed by atoms with van der Waals surface area (Å²) in [6, 6.07) is 17.6. The van der Waals surface area contributed by atoms with E-state index in [-0.39, 0.29) is 11.9 Å². The average molecular weight is 505 g/mol. The second-order valence-electron chi connectivity index (χ2n) is 8.16. The number of halogens is 1. The number of hydrogen-bond donors (Lipinski definition) is 1. The van der Waals surface area contributed by atoms with Gasteiger partial charge in [-0.15, -0.1) is 0 Å². The topological polar surface area (TPSA) is 80.6 Å². The van der Waals surface area contributed by atoms with Crippen LogP contribution in [0.15, 0.2) is 64.7 Å². The minimum Gasteiger partial charge on any atom is -0.302 e. The second kappa shape index (κ2) is 11.8. The van der Waals surface area contributed by atoms with E-state index >= 15 is 0 Å². The molecule has 1 atom stereocenters. The molecule has 8 nitrogen and oxygen atoms in total. The van der Waals surface area contributed by atoms with E-state index < -0.39 is 10.2 Å². The maximum absolute atomic E-state index is 12.7. The second-order valence-corrected chi connectivity index (χ2v) is 10.5. The average Bonchev–Trinajstić information content (AvgIpc) is 3.27. The van der Waals surface area contributed by atoms with Crippen LogP contribution in [-0.4, -0.2) is 81.1 Å². The maximum Gasteiger partial charge on any atom is 0.303 e. The first kappa shape index (κ1) is 26.2. The molecule has 0 saturated carbocycles. The summed E-state index contributed by atoms with van der Waals surface area (Å²) < 4.78 is 29.1. The monoisotopic (exact) mass is 504 g/mol. The summed E-state index contributed by atoms with van der Waals surface area (Å²) in [7, 11) is -0.794. The summed E-state index contributed by atoms with van der Waals surface area (Å²) in [6.07, 6.45) is 0. The Kier molecular flexibility index (Phi) is 9.07. The van der Waals surface area contributed by atoms with Gasteiger partial charge in [0.15, 0.2) is 0 Å². The standard InChI is InChI=1S/C24H33ClN6O2S/c1-5-30(6-2)17-16-26-24(28-34(32,33)29(3)4)31-18-22(19-10-8-7-9-11-19)23(27-31)20-12-14-21(25)15-13-20/h7-15,22H,5-6,16-18H2,1-4H3,(H,26,28). The molecule has 1 aliphatic rings. The molecule has 34 heavy (non-hydrogen) atoms. The van der Waals surface area contributed by atoms with E-state index in [4.69, 9.17) is 16.7 Å². The van der Waals surface area contributed by atoms with Crippen LogP contribution < -0.4 is 4.72 Å². The van der Waals surface area contributed by atoms with E-state index in [9.17, 15) is 8.42 Å². The van der Waals surface area contributed by atoms with Crippen LogP contribution in [0.2, 0.25) is 5.02 Å². The normalized spacial score (nSPS) is 16.9. The first-order valence-electron chi connectivity index (χ1n) is 11.4. The molecule has 1 unspecified atom stereocenters. The number of rotatable bonds is 9. The number of nitrogens with zero attached hydrogens (tertiary/aromatic N) is 5. The Labute approximate surface area is 208 Å². The molecule has 0 amide bonds. The van der Waals surface area contributed by atoms with Crippen molar-refractivity contribution in [3.8, 4) is 0 Å². The Morgan fingerprint density at radius 3 is 2.35 bits per heavy atom. The molecule has 1 N–H and O–H groups in total. The number of guanidine groups is 1. The van der Waals surface area contributed by atoms with Crippen LogP contribution >= 0.6 is 11.6 Å². The van der Waals surface area contributed by atoms with Gasteiger partial charge in [-0.25, -0.2) is 14.7 Å². The number of aliphatic imine (C=N–C) groups is 1. The fourth-order valence-electron chi connectivity index (χ4n) is 3.67. The third-order valence-electron chi connectivity index (χ3n) is 5.77. The Balaban J connectivity index is 1.98. The van der Waals surface area contributed by atoms with Gasteiger partial charge in [-0.05, 0) is 36.3 Å². The van der Waals surface area contributed by atoms with Crippen LogP contribution in [0, 0.1) is 0 Å². The summed E-state index contributed by atoms with van der Waals surface area (Å²) >= 11 is 6.11. The van der Waals surface area contributed by atoms with Crippen LogP contribution in [0.5, 0.6) is 0 Å². The van der Waals surface area contributed by atoms with Gasteiger partial charge in [-0.1, -0.05) is 67.9 Å². The van der Waals surface area contributed by atoms with Crippen molar-refractivity contribution >= 4 is 33.5 Å². The number of hydrazone groups is 1. The lowest BCUT2D eigenvalue weighted by Gasteiger charge is -2.22. The van der Waals surface area contributed by atoms with E-state index in [0.29, 0.717) is 18.1 Å². The van der Waals surface area contributed by atoms with Crippen LogP contribution in [0.1, 0.15) is 30.9 Å². The molecule has 1 heterocycles. The summed E-state index contributed by atoms with van der Waals surface area (Å²) in [6.45, 7) is 7.64. The predicted octanol–water partition coefficient (Wildman–Crippen LogP) is 3.24. The van der Waals surface area contributed by atoms with E-state index in [2.05, 4.69) is 40.6 Å². The smallest absolute Gasteiger partial charge is 0.302 e. The summed E-state index contributed by atoms with van der Waals surface area (Å²) in [5.74, 6) is 0.157. The highest BCUT2D eigenvalue weighted by Crippen LogP contribution is 2.29. The third kappa shape index (κ3) is 6.56. The number of likely N-dealkylation sites (N-methyl/N-ethyl adjacent to an activating group) is 1. The molecule has 2 aromatic rings. The molecule has 0 spiro atoms. The summed E-state index contributed by atoms with van der Waals surface area (Å²) in [5, 5.41) is 7.15. The number of benzene rings is 2. The molecule has 0 aromatic heterocycles. The van der Waals surface area contributed by atoms with Gasteiger partial charge < -0.3 is 4.90 Å². The molecule has 0 radical (unpaired) electrons. The molecule has 184 valence electrons. The van der Waals surface area contributed by atoms with Gasteiger partial charge in [-0.2, -0.15) is 17.8 Å². The minimum absolute atomic E-state index is 0.0563. The van der Waals surface area contributed by atoms with Gasteiger partial charge in [0, 0.05) is 31.6 Å². The first-order chi connectivity index (χ1) is 16.2. The van der Waals surface area contributed by atoms with Crippen molar-refractivity contribution < 1.29 is 8.42 Å². The SMILES string of the molecule is CCN(CC)CCN=C(NS(=O)(=O)N(C)C)N1CC(c2ccccc2)C(c2ccc(Cl)cc2)=N1. The Morgan fingerprint density at radius 1 is 1.12 bits per heavy atom. The zero-order valence-electron chi connectivity index (χ0n) is 20.1. The molecule has 1 aliphatic heterocycles. The fraction of sp³-hybridized carbons (Fsp3) is 0.417. The lowest BCUT2D eigenvalue weighted by atomic mass is 9.91. The van der Waals surface area contributed by atoms with Crippen molar-refractivity contribution in [2.24, 2.45) is 10.1 Å². The Bertz CT molecular complexity index is 1100. The van der Waals surface area contributed by atoms with Crippen molar-refractivity contribution in [3.05, 3.63) is 70.7 Å². The van der Waals surface area contributed by atoms with E-state index in [1.165, 1.54) is 14.1 Å². The highest BCUT2D eigenvalue weighted by Gasteiger charge is 2.33. The molecule has 0 fully saturated rings. The zero-order chi connectivity index (χ0) is 24.7. The van der Waals surface area contributed by atoms with Crippen molar-refractivity contribution in [2.75, 3.05) is 46.8 Å². The molecular weight excluding hydrogens is 472 g/mol. The summed E-state index contributed by atoms with van der Waals surface area (Å²) in [4.78, 5) is 6.87. The van der Waals surface area contributed by atoms with Crippen molar-refractivity contribution in [1.29, 1.82) is 0 Å².